The summed E-state index contributed by atoms with van der Waals surface area (Å²) in [6.45, 7) is 3.62. The molecule has 158 valence electrons. The Hall–Kier alpha value is -3.24. The van der Waals surface area contributed by atoms with Crippen molar-refractivity contribution in [3.8, 4) is 0 Å². The van der Waals surface area contributed by atoms with Crippen LogP contribution in [0, 0.1) is 5.82 Å². The minimum atomic E-state index is -0.783. The third-order valence-electron chi connectivity index (χ3n) is 5.20. The average Bonchev–Trinajstić information content (AvgIpc) is 3.16. The molecule has 9 nitrogen and oxygen atoms in total. The summed E-state index contributed by atoms with van der Waals surface area (Å²) in [6, 6.07) is 6.25. The van der Waals surface area contributed by atoms with E-state index in [4.69, 9.17) is 16.2 Å². The molecule has 0 unspecified atom stereocenters. The minimum absolute atomic E-state index is 0.00118. The van der Waals surface area contributed by atoms with Gasteiger partial charge in [-0.15, -0.1) is 0 Å². The summed E-state index contributed by atoms with van der Waals surface area (Å²) < 4.78 is 21.8. The minimum Gasteiger partial charge on any atom is -0.380 e. The van der Waals surface area contributed by atoms with Crippen LogP contribution >= 0.6 is 0 Å². The van der Waals surface area contributed by atoms with Crippen LogP contribution in [0.1, 0.15) is 23.7 Å². The zero-order valence-corrected chi connectivity index (χ0v) is 16.6. The second kappa shape index (κ2) is 8.25. The molecule has 1 amide bonds. The Morgan fingerprint density at radius 3 is 2.97 bits per heavy atom. The van der Waals surface area contributed by atoms with E-state index in [1.165, 1.54) is 0 Å². The Balaban J connectivity index is 1.71. The van der Waals surface area contributed by atoms with Crippen molar-refractivity contribution in [2.75, 3.05) is 23.8 Å². The lowest BCUT2D eigenvalue weighted by Gasteiger charge is -2.30. The van der Waals surface area contributed by atoms with Crippen LogP contribution in [-0.4, -0.2) is 46.0 Å². The number of carbonyl (C=O) groups is 1. The molecule has 3 heterocycles. The average molecular weight is 413 g/mol. The van der Waals surface area contributed by atoms with Crippen molar-refractivity contribution in [1.82, 2.24) is 14.8 Å². The Bertz CT molecular complexity index is 1080. The molecular weight excluding hydrogens is 389 g/mol. The number of anilines is 3. The van der Waals surface area contributed by atoms with Crippen molar-refractivity contribution in [3.05, 3.63) is 41.8 Å². The van der Waals surface area contributed by atoms with Gasteiger partial charge in [0.05, 0.1) is 29.6 Å². The molecule has 0 bridgehead atoms. The summed E-state index contributed by atoms with van der Waals surface area (Å²) in [5, 5.41) is 11.4. The van der Waals surface area contributed by atoms with Crippen molar-refractivity contribution in [1.29, 1.82) is 0 Å². The smallest absolute Gasteiger partial charge is 0.252 e. The lowest BCUT2D eigenvalue weighted by molar-refractivity contribution is 0.0751. The van der Waals surface area contributed by atoms with Crippen LogP contribution in [0.2, 0.25) is 0 Å². The number of ether oxygens (including phenoxy) is 1. The number of aromatic nitrogens is 3. The maximum atomic E-state index is 14.7. The lowest BCUT2D eigenvalue weighted by Crippen LogP contribution is -2.47. The number of aryl methyl sites for hydroxylation is 1. The number of pyridine rings is 1. The molecule has 1 saturated heterocycles. The van der Waals surface area contributed by atoms with E-state index in [0.717, 1.165) is 17.0 Å². The number of carbonyl (C=O) groups excluding carboxylic acids is 1. The van der Waals surface area contributed by atoms with Gasteiger partial charge in [-0.25, -0.2) is 9.37 Å². The molecule has 0 spiro atoms. The van der Waals surface area contributed by atoms with Crippen LogP contribution in [0.25, 0.3) is 10.9 Å². The first-order chi connectivity index (χ1) is 14.5. The molecule has 0 radical (unpaired) electrons. The quantitative estimate of drug-likeness (QED) is 0.485. The van der Waals surface area contributed by atoms with Crippen LogP contribution in [0.15, 0.2) is 30.5 Å². The number of nitrogens with one attached hydrogen (secondary N) is 2. The van der Waals surface area contributed by atoms with E-state index >= 15 is 0 Å². The predicted octanol–water partition coefficient (Wildman–Crippen LogP) is 1.96. The van der Waals surface area contributed by atoms with Crippen LogP contribution in [-0.2, 0) is 11.3 Å². The molecule has 1 aliphatic rings. The van der Waals surface area contributed by atoms with Crippen LogP contribution < -0.4 is 22.1 Å². The third-order valence-corrected chi connectivity index (χ3v) is 5.20. The van der Waals surface area contributed by atoms with Crippen molar-refractivity contribution in [3.63, 3.8) is 0 Å². The molecule has 3 aromatic rings. The molecule has 1 aromatic carbocycles. The lowest BCUT2D eigenvalue weighted by atomic mass is 10.0. The number of primary amides is 1. The highest BCUT2D eigenvalue weighted by molar-refractivity contribution is 6.00. The van der Waals surface area contributed by atoms with Gasteiger partial charge in [0.2, 0.25) is 0 Å². The van der Waals surface area contributed by atoms with E-state index in [-0.39, 0.29) is 29.3 Å². The topological polar surface area (TPSA) is 133 Å². The zero-order chi connectivity index (χ0) is 21.3. The molecule has 4 rings (SSSR count). The second-order valence-electron chi connectivity index (χ2n) is 7.18. The number of nitrogens with zero attached hydrogens (tertiary/aromatic N) is 3. The van der Waals surface area contributed by atoms with Crippen molar-refractivity contribution in [2.24, 2.45) is 11.5 Å². The van der Waals surface area contributed by atoms with Crippen molar-refractivity contribution >= 4 is 34.1 Å². The van der Waals surface area contributed by atoms with Gasteiger partial charge in [0.25, 0.3) is 5.91 Å². The van der Waals surface area contributed by atoms with Gasteiger partial charge in [-0.05, 0) is 31.5 Å². The van der Waals surface area contributed by atoms with Crippen molar-refractivity contribution in [2.45, 2.75) is 32.0 Å². The molecule has 0 aliphatic carbocycles. The molecule has 6 N–H and O–H groups in total. The number of hydrogen-bond acceptors (Lipinski definition) is 7. The van der Waals surface area contributed by atoms with E-state index in [1.807, 2.05) is 29.8 Å². The fraction of sp³-hybridized carbons (Fsp3) is 0.350. The summed E-state index contributed by atoms with van der Waals surface area (Å²) in [6.07, 6.45) is 2.35. The molecule has 1 fully saturated rings. The Kier molecular flexibility index (Phi) is 5.51. The molecule has 30 heavy (non-hydrogen) atoms. The van der Waals surface area contributed by atoms with Gasteiger partial charge in [0.15, 0.2) is 11.6 Å². The highest BCUT2D eigenvalue weighted by Crippen LogP contribution is 2.29. The molecular formula is C20H24FN7O2. The number of amides is 1. The van der Waals surface area contributed by atoms with E-state index in [2.05, 4.69) is 20.7 Å². The maximum absolute atomic E-state index is 14.7. The number of nitrogens with two attached hydrogens (primary N) is 2. The number of benzene rings is 1. The number of rotatable bonds is 6. The second-order valence-corrected chi connectivity index (χ2v) is 7.18. The zero-order valence-electron chi connectivity index (χ0n) is 16.6. The molecule has 0 saturated carbocycles. The summed E-state index contributed by atoms with van der Waals surface area (Å²) in [5.41, 5.74) is 13.1. The number of hydrogen-bond donors (Lipinski definition) is 4. The van der Waals surface area contributed by atoms with Crippen LogP contribution in [0.3, 0.4) is 0 Å². The predicted molar refractivity (Wildman–Crippen MR) is 112 cm³/mol. The third kappa shape index (κ3) is 3.79. The van der Waals surface area contributed by atoms with E-state index < -0.39 is 11.7 Å². The normalized spacial score (nSPS) is 19.0. The van der Waals surface area contributed by atoms with Crippen LogP contribution in [0.4, 0.5) is 21.7 Å². The van der Waals surface area contributed by atoms with Gasteiger partial charge >= 0.3 is 0 Å². The van der Waals surface area contributed by atoms with Gasteiger partial charge < -0.3 is 26.8 Å². The first-order valence-electron chi connectivity index (χ1n) is 9.79. The highest BCUT2D eigenvalue weighted by atomic mass is 19.1. The van der Waals surface area contributed by atoms with Gasteiger partial charge in [-0.2, -0.15) is 5.10 Å². The van der Waals surface area contributed by atoms with Gasteiger partial charge in [-0.3, -0.25) is 9.48 Å². The molecule has 1 aliphatic heterocycles. The van der Waals surface area contributed by atoms with E-state index in [0.29, 0.717) is 31.9 Å². The van der Waals surface area contributed by atoms with E-state index in [1.54, 1.807) is 6.20 Å². The largest absolute Gasteiger partial charge is 0.380 e. The summed E-state index contributed by atoms with van der Waals surface area (Å²) >= 11 is 0. The van der Waals surface area contributed by atoms with Gasteiger partial charge in [0, 0.05) is 30.6 Å². The van der Waals surface area contributed by atoms with Crippen molar-refractivity contribution < 1.29 is 13.9 Å². The summed E-state index contributed by atoms with van der Waals surface area (Å²) in [7, 11) is 0. The van der Waals surface area contributed by atoms with Gasteiger partial charge in [0.1, 0.15) is 5.82 Å². The SMILES string of the molecule is CCn1ncc2c(Nc3nc(N[C@@H]4CCOC[C@@H]4N)c(F)cc3C(N)=O)cccc21. The number of halogens is 1. The Labute approximate surface area is 172 Å². The molecule has 2 aromatic heterocycles. The van der Waals surface area contributed by atoms with Gasteiger partial charge in [-0.1, -0.05) is 6.07 Å². The summed E-state index contributed by atoms with van der Waals surface area (Å²) in [4.78, 5) is 16.3. The molecule has 10 heteroatoms. The number of fused-ring (bicyclic) bond motifs is 1. The monoisotopic (exact) mass is 413 g/mol. The summed E-state index contributed by atoms with van der Waals surface area (Å²) in [5.74, 6) is -1.30. The first kappa shape index (κ1) is 20.0. The maximum Gasteiger partial charge on any atom is 0.252 e. The fourth-order valence-electron chi connectivity index (χ4n) is 3.58. The van der Waals surface area contributed by atoms with Crippen LogP contribution in [0.5, 0.6) is 0 Å². The van der Waals surface area contributed by atoms with E-state index in [9.17, 15) is 9.18 Å². The molecule has 2 atom stereocenters. The Morgan fingerprint density at radius 2 is 2.23 bits per heavy atom. The highest BCUT2D eigenvalue weighted by Gasteiger charge is 2.25. The fourth-order valence-corrected chi connectivity index (χ4v) is 3.58. The Morgan fingerprint density at radius 1 is 1.40 bits per heavy atom. The standard InChI is InChI=1S/C20H24FN7O2/c1-2-28-17-5-3-4-15(12(17)9-24-28)25-19-11(18(23)29)8-13(21)20(27-19)26-16-6-7-30-10-14(16)22/h3-5,8-9,14,16H,2,6-7,10,22H2,1H3,(H2,23,29)(H2,25,26,27)/t14-,16+/m0/s1. The first-order valence-corrected chi connectivity index (χ1v) is 9.79.